The fourth-order valence-corrected chi connectivity index (χ4v) is 1.93. The highest BCUT2D eigenvalue weighted by Crippen LogP contribution is 2.19. The molecule has 1 heterocycles. The van der Waals surface area contributed by atoms with Crippen molar-refractivity contribution in [1.29, 1.82) is 0 Å². The van der Waals surface area contributed by atoms with Gasteiger partial charge in [-0.15, -0.1) is 0 Å². The molecule has 1 aromatic rings. The Balaban J connectivity index is 3.16. The number of aromatic nitrogens is 2. The maximum atomic E-state index is 9.33. The summed E-state index contributed by atoms with van der Waals surface area (Å²) in [6, 6.07) is 0. The first kappa shape index (κ1) is 13.2. The van der Waals surface area contributed by atoms with Gasteiger partial charge in [-0.25, -0.2) is 4.98 Å². The van der Waals surface area contributed by atoms with Crippen LogP contribution in [-0.4, -0.2) is 19.8 Å². The number of hydrogen-bond acceptors (Lipinski definition) is 4. The van der Waals surface area contributed by atoms with E-state index in [1.807, 2.05) is 11.5 Å². The van der Waals surface area contributed by atoms with Gasteiger partial charge in [0.1, 0.15) is 5.82 Å². The van der Waals surface area contributed by atoms with Gasteiger partial charge in [0.2, 0.25) is 0 Å². The smallest absolute Gasteiger partial charge is 0.110 e. The third kappa shape index (κ3) is 2.42. The molecule has 5 heteroatoms. The molecule has 92 valence electrons. The van der Waals surface area contributed by atoms with Crippen LogP contribution in [-0.2, 0) is 19.6 Å². The SMILES string of the molecule is CCCC(N)n1c(CC)nc(CO)c1CO. The molecule has 0 radical (unpaired) electrons. The van der Waals surface area contributed by atoms with Crippen LogP contribution < -0.4 is 5.73 Å². The third-order valence-corrected chi connectivity index (χ3v) is 2.70. The molecule has 0 spiro atoms. The second-order valence-electron chi connectivity index (χ2n) is 3.82. The maximum absolute atomic E-state index is 9.33. The Bertz CT molecular complexity index is 336. The van der Waals surface area contributed by atoms with Gasteiger partial charge < -0.3 is 20.5 Å². The van der Waals surface area contributed by atoms with E-state index in [1.165, 1.54) is 0 Å². The molecule has 0 fully saturated rings. The average Bonchev–Trinajstić information content (AvgIpc) is 2.66. The highest BCUT2D eigenvalue weighted by molar-refractivity contribution is 5.17. The van der Waals surface area contributed by atoms with Crippen molar-refractivity contribution >= 4 is 0 Å². The Morgan fingerprint density at radius 1 is 1.31 bits per heavy atom. The normalized spacial score (nSPS) is 13.1. The lowest BCUT2D eigenvalue weighted by Gasteiger charge is -2.18. The number of imidazole rings is 1. The molecule has 0 saturated carbocycles. The Kier molecular flexibility index (Phi) is 4.92. The van der Waals surface area contributed by atoms with Crippen LogP contribution in [0.15, 0.2) is 0 Å². The average molecular weight is 227 g/mol. The summed E-state index contributed by atoms with van der Waals surface area (Å²) in [4.78, 5) is 4.29. The zero-order chi connectivity index (χ0) is 12.1. The van der Waals surface area contributed by atoms with Gasteiger partial charge in [-0.3, -0.25) is 0 Å². The molecule has 1 atom stereocenters. The first-order valence-electron chi connectivity index (χ1n) is 5.75. The number of nitrogens with two attached hydrogens (primary N) is 1. The number of aryl methyl sites for hydroxylation is 1. The topological polar surface area (TPSA) is 84.3 Å². The summed E-state index contributed by atoms with van der Waals surface area (Å²) < 4.78 is 1.86. The van der Waals surface area contributed by atoms with Crippen molar-refractivity contribution in [1.82, 2.24) is 9.55 Å². The summed E-state index contributed by atoms with van der Waals surface area (Å²) in [5.74, 6) is 0.828. The van der Waals surface area contributed by atoms with Gasteiger partial charge in [0.05, 0.1) is 30.8 Å². The molecule has 16 heavy (non-hydrogen) atoms. The van der Waals surface area contributed by atoms with Crippen molar-refractivity contribution in [3.8, 4) is 0 Å². The summed E-state index contributed by atoms with van der Waals surface area (Å²) in [7, 11) is 0. The number of hydrogen-bond donors (Lipinski definition) is 3. The van der Waals surface area contributed by atoms with Crippen molar-refractivity contribution in [3.63, 3.8) is 0 Å². The lowest BCUT2D eigenvalue weighted by atomic mass is 10.2. The molecule has 4 N–H and O–H groups in total. The molecule has 0 saturated heterocycles. The minimum absolute atomic E-state index is 0.139. The highest BCUT2D eigenvalue weighted by Gasteiger charge is 2.18. The summed E-state index contributed by atoms with van der Waals surface area (Å²) in [5, 5.41) is 18.5. The van der Waals surface area contributed by atoms with Crippen molar-refractivity contribution in [2.75, 3.05) is 0 Å². The number of rotatable bonds is 6. The number of aliphatic hydroxyl groups is 2. The standard InChI is InChI=1S/C11H21N3O2/c1-3-5-10(12)14-9(7-16)8(6-15)13-11(14)4-2/h10,15-16H,3-7,12H2,1-2H3. The molecule has 0 bridgehead atoms. The molecule has 0 aliphatic rings. The molecular formula is C11H21N3O2. The quantitative estimate of drug-likeness (QED) is 0.667. The highest BCUT2D eigenvalue weighted by atomic mass is 16.3. The fraction of sp³-hybridized carbons (Fsp3) is 0.727. The van der Waals surface area contributed by atoms with E-state index in [0.29, 0.717) is 11.4 Å². The van der Waals surface area contributed by atoms with E-state index < -0.39 is 0 Å². The van der Waals surface area contributed by atoms with Crippen LogP contribution in [0.1, 0.15) is 50.1 Å². The zero-order valence-electron chi connectivity index (χ0n) is 9.98. The van der Waals surface area contributed by atoms with Crippen LogP contribution in [0.2, 0.25) is 0 Å². The Morgan fingerprint density at radius 3 is 2.44 bits per heavy atom. The largest absolute Gasteiger partial charge is 0.390 e. The third-order valence-electron chi connectivity index (χ3n) is 2.70. The van der Waals surface area contributed by atoms with Gasteiger partial charge >= 0.3 is 0 Å². The van der Waals surface area contributed by atoms with Crippen molar-refractivity contribution in [3.05, 3.63) is 17.2 Å². The van der Waals surface area contributed by atoms with Gasteiger partial charge in [0, 0.05) is 6.42 Å². The Morgan fingerprint density at radius 2 is 2.00 bits per heavy atom. The van der Waals surface area contributed by atoms with Gasteiger partial charge in [0.15, 0.2) is 0 Å². The molecule has 0 amide bonds. The summed E-state index contributed by atoms with van der Waals surface area (Å²) >= 11 is 0. The van der Waals surface area contributed by atoms with Gasteiger partial charge in [-0.05, 0) is 6.42 Å². The van der Waals surface area contributed by atoms with E-state index in [9.17, 15) is 5.11 Å². The predicted molar refractivity (Wildman–Crippen MR) is 61.6 cm³/mol. The first-order chi connectivity index (χ1) is 7.69. The molecule has 0 aromatic carbocycles. The van der Waals surface area contributed by atoms with Crippen LogP contribution in [0.3, 0.4) is 0 Å². The summed E-state index contributed by atoms with van der Waals surface area (Å²) in [5.41, 5.74) is 7.23. The van der Waals surface area contributed by atoms with E-state index in [4.69, 9.17) is 10.8 Å². The van der Waals surface area contributed by atoms with Gasteiger partial charge in [-0.2, -0.15) is 0 Å². The van der Waals surface area contributed by atoms with Crippen LogP contribution in [0.5, 0.6) is 0 Å². The summed E-state index contributed by atoms with van der Waals surface area (Å²) in [6.07, 6.45) is 2.38. The van der Waals surface area contributed by atoms with Crippen molar-refractivity contribution < 1.29 is 10.2 Å². The van der Waals surface area contributed by atoms with Crippen LogP contribution in [0.25, 0.3) is 0 Å². The van der Waals surface area contributed by atoms with Crippen LogP contribution in [0, 0.1) is 0 Å². The van der Waals surface area contributed by atoms with Crippen molar-refractivity contribution in [2.45, 2.75) is 52.5 Å². The van der Waals surface area contributed by atoms with E-state index in [-0.39, 0.29) is 19.4 Å². The van der Waals surface area contributed by atoms with E-state index in [0.717, 1.165) is 25.1 Å². The first-order valence-corrected chi connectivity index (χ1v) is 5.75. The van der Waals surface area contributed by atoms with Gasteiger partial charge in [0.25, 0.3) is 0 Å². The number of nitrogens with zero attached hydrogens (tertiary/aromatic N) is 2. The zero-order valence-corrected chi connectivity index (χ0v) is 9.98. The molecule has 1 rings (SSSR count). The van der Waals surface area contributed by atoms with E-state index in [2.05, 4.69) is 11.9 Å². The maximum Gasteiger partial charge on any atom is 0.110 e. The van der Waals surface area contributed by atoms with Crippen LogP contribution >= 0.6 is 0 Å². The summed E-state index contributed by atoms with van der Waals surface area (Å²) in [6.45, 7) is 3.75. The molecule has 1 aromatic heterocycles. The molecule has 0 aliphatic heterocycles. The van der Waals surface area contributed by atoms with E-state index in [1.54, 1.807) is 0 Å². The minimum Gasteiger partial charge on any atom is -0.390 e. The fourth-order valence-electron chi connectivity index (χ4n) is 1.93. The lowest BCUT2D eigenvalue weighted by molar-refractivity contribution is 0.246. The second-order valence-corrected chi connectivity index (χ2v) is 3.82. The monoisotopic (exact) mass is 227 g/mol. The second kappa shape index (κ2) is 5.98. The molecular weight excluding hydrogens is 206 g/mol. The minimum atomic E-state index is -0.171. The predicted octanol–water partition coefficient (Wildman–Crippen LogP) is 0.688. The Labute approximate surface area is 95.9 Å². The lowest BCUT2D eigenvalue weighted by Crippen LogP contribution is -2.22. The molecule has 5 nitrogen and oxygen atoms in total. The molecule has 0 aliphatic carbocycles. The molecule has 1 unspecified atom stereocenters. The van der Waals surface area contributed by atoms with Crippen LogP contribution in [0.4, 0.5) is 0 Å². The van der Waals surface area contributed by atoms with Crippen molar-refractivity contribution in [2.24, 2.45) is 5.73 Å². The Hall–Kier alpha value is -0.910. The van der Waals surface area contributed by atoms with E-state index >= 15 is 0 Å². The number of aliphatic hydroxyl groups excluding tert-OH is 2. The van der Waals surface area contributed by atoms with Gasteiger partial charge in [-0.1, -0.05) is 20.3 Å².